The molecule has 2 aliphatic rings. The average Bonchev–Trinajstić information content (AvgIpc) is 3.26. The molecule has 4 rings (SSSR count). The number of aromatic nitrogens is 2. The predicted octanol–water partition coefficient (Wildman–Crippen LogP) is 3.02. The lowest BCUT2D eigenvalue weighted by atomic mass is 9.85. The van der Waals surface area contributed by atoms with Crippen LogP contribution in [0, 0.1) is 5.92 Å². The summed E-state index contributed by atoms with van der Waals surface area (Å²) in [6.45, 7) is 0.426. The van der Waals surface area contributed by atoms with Gasteiger partial charge in [0.2, 0.25) is 11.7 Å². The van der Waals surface area contributed by atoms with Crippen molar-refractivity contribution in [1.29, 1.82) is 0 Å². The summed E-state index contributed by atoms with van der Waals surface area (Å²) in [5.41, 5.74) is 0.941. The second-order valence-corrected chi connectivity index (χ2v) is 7.18. The van der Waals surface area contributed by atoms with Crippen LogP contribution in [0.1, 0.15) is 38.0 Å². The fourth-order valence-corrected chi connectivity index (χ4v) is 4.64. The van der Waals surface area contributed by atoms with Gasteiger partial charge in [-0.2, -0.15) is 16.3 Å². The first-order valence-corrected chi connectivity index (χ1v) is 9.00. The zero-order chi connectivity index (χ0) is 15.8. The Morgan fingerprint density at radius 3 is 3.09 bits per heavy atom. The average molecular weight is 333 g/mol. The highest BCUT2D eigenvalue weighted by atomic mass is 32.1. The van der Waals surface area contributed by atoms with Gasteiger partial charge in [-0.05, 0) is 36.6 Å². The minimum Gasteiger partial charge on any atom is -0.480 e. The quantitative estimate of drug-likeness (QED) is 0.926. The van der Waals surface area contributed by atoms with E-state index in [-0.39, 0.29) is 0 Å². The van der Waals surface area contributed by atoms with Gasteiger partial charge in [-0.15, -0.1) is 0 Å². The van der Waals surface area contributed by atoms with Gasteiger partial charge >= 0.3 is 5.97 Å². The highest BCUT2D eigenvalue weighted by Gasteiger charge is 2.45. The topological polar surface area (TPSA) is 79.5 Å². The maximum absolute atomic E-state index is 11.6. The van der Waals surface area contributed by atoms with Crippen molar-refractivity contribution in [2.24, 2.45) is 5.92 Å². The minimum absolute atomic E-state index is 0.335. The molecule has 7 heteroatoms. The Hall–Kier alpha value is -1.73. The van der Waals surface area contributed by atoms with E-state index in [0.717, 1.165) is 24.8 Å². The van der Waals surface area contributed by atoms with Crippen molar-refractivity contribution in [3.63, 3.8) is 0 Å². The number of rotatable bonds is 4. The Bertz CT molecular complexity index is 685. The van der Waals surface area contributed by atoms with Gasteiger partial charge in [-0.3, -0.25) is 9.69 Å². The van der Waals surface area contributed by atoms with E-state index in [0.29, 0.717) is 30.2 Å². The van der Waals surface area contributed by atoms with Crippen LogP contribution in [0.25, 0.3) is 11.4 Å². The number of hydrogen-bond acceptors (Lipinski definition) is 6. The monoisotopic (exact) mass is 333 g/mol. The number of likely N-dealkylation sites (tertiary alicyclic amines) is 1. The van der Waals surface area contributed by atoms with Crippen molar-refractivity contribution in [2.75, 3.05) is 0 Å². The highest BCUT2D eigenvalue weighted by molar-refractivity contribution is 7.08. The van der Waals surface area contributed by atoms with Gasteiger partial charge < -0.3 is 9.63 Å². The second kappa shape index (κ2) is 6.05. The zero-order valence-corrected chi connectivity index (χ0v) is 13.5. The molecule has 1 saturated heterocycles. The molecule has 2 aromatic rings. The Morgan fingerprint density at radius 2 is 2.30 bits per heavy atom. The van der Waals surface area contributed by atoms with Crippen molar-refractivity contribution in [2.45, 2.75) is 50.7 Å². The molecule has 6 nitrogen and oxygen atoms in total. The molecule has 3 atom stereocenters. The number of aliphatic carboxylic acids is 1. The predicted molar refractivity (Wildman–Crippen MR) is 84.9 cm³/mol. The SMILES string of the molecule is O=C(O)[C@@H]1C[C@H]2CCCC[C@@H]2N1Cc1nc(-c2ccsc2)no1. The van der Waals surface area contributed by atoms with E-state index in [1.54, 1.807) is 11.3 Å². The second-order valence-electron chi connectivity index (χ2n) is 6.40. The largest absolute Gasteiger partial charge is 0.480 e. The Labute approximate surface area is 138 Å². The number of carbonyl (C=O) groups is 1. The third-order valence-electron chi connectivity index (χ3n) is 5.07. The van der Waals surface area contributed by atoms with E-state index >= 15 is 0 Å². The van der Waals surface area contributed by atoms with Crippen molar-refractivity contribution in [3.05, 3.63) is 22.7 Å². The lowest BCUT2D eigenvalue weighted by Gasteiger charge is -2.31. The smallest absolute Gasteiger partial charge is 0.320 e. The third kappa shape index (κ3) is 2.79. The molecule has 0 unspecified atom stereocenters. The molecule has 1 aliphatic heterocycles. The zero-order valence-electron chi connectivity index (χ0n) is 12.7. The molecule has 0 bridgehead atoms. The van der Waals surface area contributed by atoms with Gasteiger partial charge in [0, 0.05) is 17.0 Å². The maximum Gasteiger partial charge on any atom is 0.320 e. The van der Waals surface area contributed by atoms with Crippen molar-refractivity contribution in [3.8, 4) is 11.4 Å². The number of thiophene rings is 1. The molecule has 1 saturated carbocycles. The van der Waals surface area contributed by atoms with Crippen LogP contribution in [0.2, 0.25) is 0 Å². The standard InChI is InChI=1S/C16H19N3O3S/c20-16(21)13-7-10-3-1-2-4-12(10)19(13)8-14-17-15(18-22-14)11-5-6-23-9-11/h5-6,9-10,12-13H,1-4,7-8H2,(H,20,21)/t10-,12+,13+/m1/s1. The van der Waals surface area contributed by atoms with Gasteiger partial charge in [-0.25, -0.2) is 0 Å². The Balaban J connectivity index is 1.55. The molecule has 1 N–H and O–H groups in total. The van der Waals surface area contributed by atoms with Crippen LogP contribution in [0.15, 0.2) is 21.3 Å². The number of carboxylic acids is 1. The van der Waals surface area contributed by atoms with Gasteiger partial charge in [0.15, 0.2) is 0 Å². The van der Waals surface area contributed by atoms with E-state index < -0.39 is 12.0 Å². The minimum atomic E-state index is -0.739. The van der Waals surface area contributed by atoms with E-state index in [2.05, 4.69) is 15.0 Å². The normalized spacial score (nSPS) is 27.9. The van der Waals surface area contributed by atoms with Crippen LogP contribution in [0.3, 0.4) is 0 Å². The van der Waals surface area contributed by atoms with Gasteiger partial charge in [0.05, 0.1) is 6.54 Å². The summed E-state index contributed by atoms with van der Waals surface area (Å²) in [5.74, 6) is 0.831. The molecule has 0 spiro atoms. The first-order valence-electron chi connectivity index (χ1n) is 8.06. The van der Waals surface area contributed by atoms with E-state index in [1.165, 1.54) is 12.8 Å². The van der Waals surface area contributed by atoms with Crippen LogP contribution < -0.4 is 0 Å². The summed E-state index contributed by atoms with van der Waals surface area (Å²) >= 11 is 1.59. The Kier molecular flexibility index (Phi) is 3.90. The summed E-state index contributed by atoms with van der Waals surface area (Å²) in [4.78, 5) is 18.1. The summed E-state index contributed by atoms with van der Waals surface area (Å²) in [6.07, 6.45) is 5.33. The fourth-order valence-electron chi connectivity index (χ4n) is 4.01. The number of hydrogen-bond donors (Lipinski definition) is 1. The summed E-state index contributed by atoms with van der Waals surface area (Å²) in [7, 11) is 0. The maximum atomic E-state index is 11.6. The third-order valence-corrected chi connectivity index (χ3v) is 5.75. The summed E-state index contributed by atoms with van der Waals surface area (Å²) < 4.78 is 5.37. The van der Waals surface area contributed by atoms with Gasteiger partial charge in [0.25, 0.3) is 0 Å². The molecule has 0 aromatic carbocycles. The summed E-state index contributed by atoms with van der Waals surface area (Å²) in [5, 5.41) is 17.5. The van der Waals surface area contributed by atoms with E-state index in [1.807, 2.05) is 16.8 Å². The first-order chi connectivity index (χ1) is 11.2. The van der Waals surface area contributed by atoms with Gasteiger partial charge in [0.1, 0.15) is 6.04 Å². The first kappa shape index (κ1) is 14.8. The molecular formula is C16H19N3O3S. The molecule has 2 aromatic heterocycles. The van der Waals surface area contributed by atoms with E-state index in [4.69, 9.17) is 4.52 Å². The molecule has 122 valence electrons. The number of fused-ring (bicyclic) bond motifs is 1. The van der Waals surface area contributed by atoms with Crippen molar-refractivity contribution < 1.29 is 14.4 Å². The molecule has 2 fully saturated rings. The number of nitrogens with zero attached hydrogens (tertiary/aromatic N) is 3. The highest BCUT2D eigenvalue weighted by Crippen LogP contribution is 2.40. The number of carboxylic acid groups (broad SMARTS) is 1. The lowest BCUT2D eigenvalue weighted by molar-refractivity contribution is -0.143. The van der Waals surface area contributed by atoms with Crippen LogP contribution >= 0.6 is 11.3 Å². The van der Waals surface area contributed by atoms with Crippen LogP contribution in [0.5, 0.6) is 0 Å². The van der Waals surface area contributed by atoms with Gasteiger partial charge in [-0.1, -0.05) is 18.0 Å². The van der Waals surface area contributed by atoms with E-state index in [9.17, 15) is 9.90 Å². The molecule has 0 radical (unpaired) electrons. The summed E-state index contributed by atoms with van der Waals surface area (Å²) in [6, 6.07) is 1.85. The molecule has 23 heavy (non-hydrogen) atoms. The molecule has 3 heterocycles. The Morgan fingerprint density at radius 1 is 1.43 bits per heavy atom. The van der Waals surface area contributed by atoms with Crippen molar-refractivity contribution in [1.82, 2.24) is 15.0 Å². The van der Waals surface area contributed by atoms with Crippen molar-refractivity contribution >= 4 is 17.3 Å². The van der Waals surface area contributed by atoms with Crippen LogP contribution in [0.4, 0.5) is 0 Å². The molecule has 1 aliphatic carbocycles. The molecular weight excluding hydrogens is 314 g/mol. The van der Waals surface area contributed by atoms with Crippen LogP contribution in [-0.2, 0) is 11.3 Å². The van der Waals surface area contributed by atoms with Crippen LogP contribution in [-0.4, -0.2) is 38.2 Å². The lowest BCUT2D eigenvalue weighted by Crippen LogP contribution is -2.41. The molecule has 0 amide bonds. The fraction of sp³-hybridized carbons (Fsp3) is 0.562.